The van der Waals surface area contributed by atoms with Crippen molar-refractivity contribution in [2.24, 2.45) is 0 Å². The number of aliphatic hydroxyl groups is 1. The van der Waals surface area contributed by atoms with E-state index < -0.39 is 0 Å². The molecule has 0 aliphatic heterocycles. The minimum atomic E-state index is -0.325. The summed E-state index contributed by atoms with van der Waals surface area (Å²) in [6.07, 6.45) is -0.325. The van der Waals surface area contributed by atoms with Crippen molar-refractivity contribution in [3.8, 4) is 5.75 Å². The lowest BCUT2D eigenvalue weighted by Crippen LogP contribution is -2.31. The molecule has 0 unspecified atom stereocenters. The van der Waals surface area contributed by atoms with Crippen molar-refractivity contribution in [1.29, 1.82) is 0 Å². The van der Waals surface area contributed by atoms with Crippen molar-refractivity contribution < 1.29 is 9.84 Å². The number of para-hydroxylation sites is 1. The Morgan fingerprint density at radius 2 is 1.80 bits per heavy atom. The maximum Gasteiger partial charge on any atom is 0.124 e. The molecule has 0 amide bonds. The molecule has 0 aliphatic carbocycles. The fourth-order valence-corrected chi connectivity index (χ4v) is 2.76. The maximum atomic E-state index is 9.19. The van der Waals surface area contributed by atoms with Gasteiger partial charge in [-0.05, 0) is 25.1 Å². The molecule has 0 bridgehead atoms. The number of hydrogen-bond donors (Lipinski definition) is 3. The molecule has 0 fully saturated rings. The van der Waals surface area contributed by atoms with Crippen LogP contribution in [0.2, 0.25) is 10.0 Å². The Morgan fingerprint density at radius 1 is 1.04 bits per heavy atom. The highest BCUT2D eigenvalue weighted by Crippen LogP contribution is 2.24. The largest absolute Gasteiger partial charge is 0.489 e. The molecular weight excluding hydrogens is 359 g/mol. The summed E-state index contributed by atoms with van der Waals surface area (Å²) < 4.78 is 5.94. The van der Waals surface area contributed by atoms with E-state index in [2.05, 4.69) is 10.6 Å². The van der Waals surface area contributed by atoms with Gasteiger partial charge in [-0.25, -0.2) is 0 Å². The Balaban J connectivity index is 1.83. The molecule has 25 heavy (non-hydrogen) atoms. The standard InChI is InChI=1S/C19H24Cl2N2O2/c1-14(24)11-22-8-9-23-12-15-4-2-3-5-19(15)25-13-16-6-7-17(20)10-18(16)21/h2-7,10,14,22-24H,8-9,11-13H2,1H3/t14-/m0/s1. The van der Waals surface area contributed by atoms with Crippen LogP contribution in [0.3, 0.4) is 0 Å². The second kappa shape index (κ2) is 10.6. The summed E-state index contributed by atoms with van der Waals surface area (Å²) in [5.74, 6) is 0.831. The third kappa shape index (κ3) is 7.22. The molecule has 0 aliphatic rings. The van der Waals surface area contributed by atoms with Gasteiger partial charge in [-0.1, -0.05) is 47.5 Å². The van der Waals surface area contributed by atoms with E-state index in [-0.39, 0.29) is 6.10 Å². The van der Waals surface area contributed by atoms with Crippen LogP contribution in [0.25, 0.3) is 0 Å². The second-order valence-electron chi connectivity index (χ2n) is 5.86. The van der Waals surface area contributed by atoms with Crippen LogP contribution in [-0.2, 0) is 13.2 Å². The molecule has 3 N–H and O–H groups in total. The van der Waals surface area contributed by atoms with Crippen molar-refractivity contribution in [1.82, 2.24) is 10.6 Å². The number of benzene rings is 2. The van der Waals surface area contributed by atoms with Gasteiger partial charge in [0.25, 0.3) is 0 Å². The molecule has 0 radical (unpaired) electrons. The summed E-state index contributed by atoms with van der Waals surface area (Å²) in [6, 6.07) is 13.3. The lowest BCUT2D eigenvalue weighted by atomic mass is 10.2. The summed E-state index contributed by atoms with van der Waals surface area (Å²) >= 11 is 12.1. The van der Waals surface area contributed by atoms with E-state index in [0.29, 0.717) is 29.7 Å². The topological polar surface area (TPSA) is 53.5 Å². The van der Waals surface area contributed by atoms with Crippen molar-refractivity contribution in [2.75, 3.05) is 19.6 Å². The molecule has 1 atom stereocenters. The van der Waals surface area contributed by atoms with E-state index in [0.717, 1.165) is 30.0 Å². The third-order valence-corrected chi connectivity index (χ3v) is 4.19. The average molecular weight is 383 g/mol. The van der Waals surface area contributed by atoms with E-state index in [1.807, 2.05) is 30.3 Å². The SMILES string of the molecule is C[C@H](O)CNCCNCc1ccccc1OCc1ccc(Cl)cc1Cl. The first kappa shape index (κ1) is 20.0. The van der Waals surface area contributed by atoms with Gasteiger partial charge in [-0.2, -0.15) is 0 Å². The average Bonchev–Trinajstić information content (AvgIpc) is 2.58. The zero-order valence-corrected chi connectivity index (χ0v) is 15.8. The molecule has 0 saturated heterocycles. The predicted molar refractivity (Wildman–Crippen MR) is 103 cm³/mol. The highest BCUT2D eigenvalue weighted by Gasteiger charge is 2.06. The Morgan fingerprint density at radius 3 is 2.56 bits per heavy atom. The second-order valence-corrected chi connectivity index (χ2v) is 6.71. The number of rotatable bonds is 10. The monoisotopic (exact) mass is 382 g/mol. The number of hydrogen-bond acceptors (Lipinski definition) is 4. The first-order valence-corrected chi connectivity index (χ1v) is 9.06. The Labute approximate surface area is 159 Å². The van der Waals surface area contributed by atoms with Crippen LogP contribution in [0.4, 0.5) is 0 Å². The molecule has 6 heteroatoms. The number of halogens is 2. The zero-order valence-electron chi connectivity index (χ0n) is 14.3. The molecule has 2 rings (SSSR count). The molecule has 0 spiro atoms. The van der Waals surface area contributed by atoms with E-state index in [1.165, 1.54) is 0 Å². The van der Waals surface area contributed by atoms with Gasteiger partial charge in [0.05, 0.1) is 6.10 Å². The molecule has 0 saturated carbocycles. The van der Waals surface area contributed by atoms with Gasteiger partial charge in [0, 0.05) is 47.4 Å². The normalized spacial score (nSPS) is 12.2. The summed E-state index contributed by atoms with van der Waals surface area (Å²) in [5.41, 5.74) is 1.99. The van der Waals surface area contributed by atoms with Gasteiger partial charge in [0.2, 0.25) is 0 Å². The number of ether oxygens (including phenoxy) is 1. The quantitative estimate of drug-likeness (QED) is 0.549. The molecular formula is C19H24Cl2N2O2. The fraction of sp³-hybridized carbons (Fsp3) is 0.368. The first-order chi connectivity index (χ1) is 12.1. The third-order valence-electron chi connectivity index (χ3n) is 3.60. The van der Waals surface area contributed by atoms with Crippen LogP contribution in [0.5, 0.6) is 5.75 Å². The minimum absolute atomic E-state index is 0.325. The predicted octanol–water partition coefficient (Wildman–Crippen LogP) is 3.63. The molecule has 0 aromatic heterocycles. The number of nitrogens with one attached hydrogen (secondary N) is 2. The summed E-state index contributed by atoms with van der Waals surface area (Å²) in [7, 11) is 0. The van der Waals surface area contributed by atoms with Crippen molar-refractivity contribution in [3.63, 3.8) is 0 Å². The smallest absolute Gasteiger partial charge is 0.124 e. The molecule has 136 valence electrons. The van der Waals surface area contributed by atoms with Gasteiger partial charge in [0.15, 0.2) is 0 Å². The van der Waals surface area contributed by atoms with Crippen molar-refractivity contribution >= 4 is 23.2 Å². The highest BCUT2D eigenvalue weighted by atomic mass is 35.5. The lowest BCUT2D eigenvalue weighted by molar-refractivity contribution is 0.191. The molecule has 2 aromatic rings. The Kier molecular flexibility index (Phi) is 8.52. The van der Waals surface area contributed by atoms with Crippen LogP contribution >= 0.6 is 23.2 Å². The zero-order chi connectivity index (χ0) is 18.1. The summed E-state index contributed by atoms with van der Waals surface area (Å²) in [5, 5.41) is 17.0. The van der Waals surface area contributed by atoms with E-state index >= 15 is 0 Å². The van der Waals surface area contributed by atoms with Crippen LogP contribution < -0.4 is 15.4 Å². The molecule has 4 nitrogen and oxygen atoms in total. The summed E-state index contributed by atoms with van der Waals surface area (Å²) in [4.78, 5) is 0. The minimum Gasteiger partial charge on any atom is -0.489 e. The van der Waals surface area contributed by atoms with E-state index in [4.69, 9.17) is 27.9 Å². The summed E-state index contributed by atoms with van der Waals surface area (Å²) in [6.45, 7) is 5.08. The molecule has 0 heterocycles. The van der Waals surface area contributed by atoms with E-state index in [9.17, 15) is 5.11 Å². The van der Waals surface area contributed by atoms with Gasteiger partial charge >= 0.3 is 0 Å². The van der Waals surface area contributed by atoms with Crippen LogP contribution in [-0.4, -0.2) is 30.8 Å². The van der Waals surface area contributed by atoms with Crippen molar-refractivity contribution in [3.05, 3.63) is 63.6 Å². The highest BCUT2D eigenvalue weighted by molar-refractivity contribution is 6.35. The van der Waals surface area contributed by atoms with Crippen LogP contribution in [0.15, 0.2) is 42.5 Å². The Hall–Kier alpha value is -1.30. The van der Waals surface area contributed by atoms with E-state index in [1.54, 1.807) is 19.1 Å². The first-order valence-electron chi connectivity index (χ1n) is 8.30. The van der Waals surface area contributed by atoms with Gasteiger partial charge in [-0.15, -0.1) is 0 Å². The molecule has 2 aromatic carbocycles. The number of aliphatic hydroxyl groups excluding tert-OH is 1. The van der Waals surface area contributed by atoms with Gasteiger partial charge in [-0.3, -0.25) is 0 Å². The van der Waals surface area contributed by atoms with Crippen LogP contribution in [0, 0.1) is 0 Å². The Bertz CT molecular complexity index is 666. The maximum absolute atomic E-state index is 9.19. The van der Waals surface area contributed by atoms with Crippen LogP contribution in [0.1, 0.15) is 18.1 Å². The van der Waals surface area contributed by atoms with Gasteiger partial charge in [0.1, 0.15) is 12.4 Å². The van der Waals surface area contributed by atoms with Gasteiger partial charge < -0.3 is 20.5 Å². The lowest BCUT2D eigenvalue weighted by Gasteiger charge is -2.13. The van der Waals surface area contributed by atoms with Crippen molar-refractivity contribution in [2.45, 2.75) is 26.2 Å². The fourth-order valence-electron chi connectivity index (χ4n) is 2.30.